The second-order valence-corrected chi connectivity index (χ2v) is 8.20. The molecule has 1 atom stereocenters. The van der Waals surface area contributed by atoms with E-state index >= 15 is 0 Å². The van der Waals surface area contributed by atoms with Crippen LogP contribution in [0.3, 0.4) is 0 Å². The van der Waals surface area contributed by atoms with E-state index in [1.165, 1.54) is 24.2 Å². The van der Waals surface area contributed by atoms with E-state index in [1.807, 2.05) is 18.9 Å². The van der Waals surface area contributed by atoms with Crippen molar-refractivity contribution in [3.8, 4) is 0 Å². The number of nitrogens with zero attached hydrogens (tertiary/aromatic N) is 3. The van der Waals surface area contributed by atoms with E-state index in [4.69, 9.17) is 0 Å². The number of carbonyl (C=O) groups excluding carboxylic acids is 3. The molecule has 3 rings (SSSR count). The minimum atomic E-state index is -0.129. The molecule has 0 aromatic rings. The molecule has 3 fully saturated rings. The lowest BCUT2D eigenvalue weighted by Crippen LogP contribution is -2.55. The summed E-state index contributed by atoms with van der Waals surface area (Å²) in [5.74, 6) is 0.183. The Balaban J connectivity index is 1.52. The van der Waals surface area contributed by atoms with Gasteiger partial charge in [-0.15, -0.1) is 0 Å². The maximum absolute atomic E-state index is 12.9. The number of carbonyl (C=O) groups is 3. The Labute approximate surface area is 156 Å². The van der Waals surface area contributed by atoms with Gasteiger partial charge in [0.05, 0.1) is 6.04 Å². The SMILES string of the molecule is CC(C(=O)N(C)C1CCCCC1)N1CCC(N2C(=O)CCCC2=O)CC1. The Hall–Kier alpha value is -1.43. The van der Waals surface area contributed by atoms with Gasteiger partial charge in [-0.2, -0.15) is 0 Å². The molecule has 2 aliphatic heterocycles. The molecule has 6 heteroatoms. The van der Waals surface area contributed by atoms with Crippen molar-refractivity contribution >= 4 is 17.7 Å². The number of amides is 3. The molecule has 0 spiro atoms. The highest BCUT2D eigenvalue weighted by Gasteiger charge is 2.37. The van der Waals surface area contributed by atoms with E-state index in [9.17, 15) is 14.4 Å². The van der Waals surface area contributed by atoms with E-state index in [0.717, 1.165) is 38.8 Å². The second kappa shape index (κ2) is 8.51. The van der Waals surface area contributed by atoms with Crippen molar-refractivity contribution in [2.24, 2.45) is 0 Å². The molecule has 0 N–H and O–H groups in total. The predicted molar refractivity (Wildman–Crippen MR) is 99.4 cm³/mol. The molecule has 1 unspecified atom stereocenters. The minimum absolute atomic E-state index is 0.0131. The number of hydrogen-bond acceptors (Lipinski definition) is 4. The van der Waals surface area contributed by atoms with Crippen molar-refractivity contribution < 1.29 is 14.4 Å². The molecule has 2 saturated heterocycles. The first kappa shape index (κ1) is 19.3. The minimum Gasteiger partial charge on any atom is -0.341 e. The molecule has 0 radical (unpaired) electrons. The fourth-order valence-electron chi connectivity index (χ4n) is 4.81. The lowest BCUT2D eigenvalue weighted by molar-refractivity contribution is -0.153. The largest absolute Gasteiger partial charge is 0.341 e. The molecule has 26 heavy (non-hydrogen) atoms. The highest BCUT2D eigenvalue weighted by Crippen LogP contribution is 2.26. The first-order valence-corrected chi connectivity index (χ1v) is 10.3. The van der Waals surface area contributed by atoms with Gasteiger partial charge in [0.25, 0.3) is 0 Å². The van der Waals surface area contributed by atoms with Crippen LogP contribution in [0.1, 0.15) is 71.1 Å². The second-order valence-electron chi connectivity index (χ2n) is 8.20. The van der Waals surface area contributed by atoms with Crippen molar-refractivity contribution in [3.05, 3.63) is 0 Å². The predicted octanol–water partition coefficient (Wildman–Crippen LogP) is 2.17. The molecule has 6 nitrogen and oxygen atoms in total. The summed E-state index contributed by atoms with van der Waals surface area (Å²) < 4.78 is 0. The first-order valence-electron chi connectivity index (χ1n) is 10.3. The van der Waals surface area contributed by atoms with Crippen LogP contribution in [-0.4, -0.2) is 70.7 Å². The van der Waals surface area contributed by atoms with E-state index in [0.29, 0.717) is 25.3 Å². The molecule has 3 aliphatic rings. The fourth-order valence-corrected chi connectivity index (χ4v) is 4.81. The van der Waals surface area contributed by atoms with Crippen molar-refractivity contribution in [2.75, 3.05) is 20.1 Å². The summed E-state index contributed by atoms with van der Waals surface area (Å²) in [6.45, 7) is 3.54. The zero-order valence-corrected chi connectivity index (χ0v) is 16.3. The Morgan fingerprint density at radius 2 is 1.54 bits per heavy atom. The van der Waals surface area contributed by atoms with Gasteiger partial charge in [-0.1, -0.05) is 19.3 Å². The van der Waals surface area contributed by atoms with Crippen LogP contribution < -0.4 is 0 Å². The molecule has 1 saturated carbocycles. The quantitative estimate of drug-likeness (QED) is 0.718. The van der Waals surface area contributed by atoms with Crippen molar-refractivity contribution in [1.82, 2.24) is 14.7 Å². The summed E-state index contributed by atoms with van der Waals surface area (Å²) in [5, 5.41) is 0. The van der Waals surface area contributed by atoms with E-state index in [2.05, 4.69) is 4.90 Å². The standard InChI is InChI=1S/C20H33N3O3/c1-15(20(26)21(2)16-7-4-3-5-8-16)22-13-11-17(12-14-22)23-18(24)9-6-10-19(23)25/h15-17H,3-14H2,1-2H3. The number of likely N-dealkylation sites (N-methyl/N-ethyl adjacent to an activating group) is 1. The average molecular weight is 364 g/mol. The third kappa shape index (κ3) is 4.11. The fraction of sp³-hybridized carbons (Fsp3) is 0.850. The van der Waals surface area contributed by atoms with E-state index in [1.54, 1.807) is 0 Å². The van der Waals surface area contributed by atoms with Gasteiger partial charge < -0.3 is 4.90 Å². The zero-order chi connectivity index (χ0) is 18.7. The van der Waals surface area contributed by atoms with Crippen molar-refractivity contribution in [3.63, 3.8) is 0 Å². The number of imide groups is 1. The monoisotopic (exact) mass is 363 g/mol. The summed E-state index contributed by atoms with van der Waals surface area (Å²) in [5.41, 5.74) is 0. The lowest BCUT2D eigenvalue weighted by Gasteiger charge is -2.42. The summed E-state index contributed by atoms with van der Waals surface area (Å²) in [7, 11) is 1.95. The number of likely N-dealkylation sites (tertiary alicyclic amines) is 2. The van der Waals surface area contributed by atoms with Gasteiger partial charge in [0.15, 0.2) is 0 Å². The number of piperidine rings is 2. The Kier molecular flexibility index (Phi) is 6.33. The highest BCUT2D eigenvalue weighted by atomic mass is 16.2. The molecular formula is C20H33N3O3. The van der Waals surface area contributed by atoms with Crippen LogP contribution in [0.5, 0.6) is 0 Å². The third-order valence-corrected chi connectivity index (χ3v) is 6.56. The molecule has 2 heterocycles. The topological polar surface area (TPSA) is 60.9 Å². The van der Waals surface area contributed by atoms with Crippen molar-refractivity contribution in [1.29, 1.82) is 0 Å². The van der Waals surface area contributed by atoms with Gasteiger partial charge in [0.1, 0.15) is 0 Å². The van der Waals surface area contributed by atoms with Gasteiger partial charge in [0.2, 0.25) is 17.7 Å². The molecule has 146 valence electrons. The van der Waals surface area contributed by atoms with Gasteiger partial charge in [0, 0.05) is 45.1 Å². The average Bonchev–Trinajstić information content (AvgIpc) is 2.67. The summed E-state index contributed by atoms with van der Waals surface area (Å²) in [4.78, 5) is 42.8. The molecular weight excluding hydrogens is 330 g/mol. The van der Waals surface area contributed by atoms with Crippen molar-refractivity contribution in [2.45, 2.75) is 89.3 Å². The molecule has 0 aromatic carbocycles. The summed E-state index contributed by atoms with van der Waals surface area (Å²) >= 11 is 0. The van der Waals surface area contributed by atoms with Crippen LogP contribution in [0.25, 0.3) is 0 Å². The smallest absolute Gasteiger partial charge is 0.239 e. The normalized spacial score (nSPS) is 25.4. The Morgan fingerprint density at radius 1 is 0.962 bits per heavy atom. The number of rotatable bonds is 4. The lowest BCUT2D eigenvalue weighted by atomic mass is 9.94. The number of hydrogen-bond donors (Lipinski definition) is 0. The molecule has 0 bridgehead atoms. The molecule has 3 amide bonds. The maximum Gasteiger partial charge on any atom is 0.239 e. The van der Waals surface area contributed by atoms with E-state index in [-0.39, 0.29) is 29.8 Å². The van der Waals surface area contributed by atoms with Crippen LogP contribution in [0.2, 0.25) is 0 Å². The van der Waals surface area contributed by atoms with Gasteiger partial charge in [-0.05, 0) is 39.0 Å². The van der Waals surface area contributed by atoms with E-state index < -0.39 is 0 Å². The summed E-state index contributed by atoms with van der Waals surface area (Å²) in [6.07, 6.45) is 9.21. The van der Waals surface area contributed by atoms with Crippen LogP contribution in [0.15, 0.2) is 0 Å². The van der Waals surface area contributed by atoms with Gasteiger partial charge in [-0.3, -0.25) is 24.2 Å². The van der Waals surface area contributed by atoms with Crippen LogP contribution in [0, 0.1) is 0 Å². The Morgan fingerprint density at radius 3 is 2.12 bits per heavy atom. The van der Waals surface area contributed by atoms with Gasteiger partial charge >= 0.3 is 0 Å². The summed E-state index contributed by atoms with van der Waals surface area (Å²) in [6, 6.07) is 0.278. The third-order valence-electron chi connectivity index (χ3n) is 6.56. The first-order chi connectivity index (χ1) is 12.5. The van der Waals surface area contributed by atoms with Crippen LogP contribution in [0.4, 0.5) is 0 Å². The maximum atomic E-state index is 12.9. The molecule has 1 aliphatic carbocycles. The molecule has 0 aromatic heterocycles. The highest BCUT2D eigenvalue weighted by molar-refractivity contribution is 5.97. The van der Waals surface area contributed by atoms with Gasteiger partial charge in [-0.25, -0.2) is 0 Å². The zero-order valence-electron chi connectivity index (χ0n) is 16.3. The Bertz CT molecular complexity index is 520. The van der Waals surface area contributed by atoms with Crippen LogP contribution >= 0.6 is 0 Å². The van der Waals surface area contributed by atoms with Crippen LogP contribution in [-0.2, 0) is 14.4 Å².